The van der Waals surface area contributed by atoms with E-state index >= 15 is 0 Å². The van der Waals surface area contributed by atoms with Crippen LogP contribution in [0.3, 0.4) is 0 Å². The number of fused-ring (bicyclic) bond motifs is 5. The van der Waals surface area contributed by atoms with Crippen LogP contribution in [0.5, 0.6) is 0 Å². The number of nitrogens with one attached hydrogen (secondary N) is 1. The first kappa shape index (κ1) is 26.6. The third-order valence-corrected chi connectivity index (χ3v) is 10.1. The lowest BCUT2D eigenvalue weighted by Gasteiger charge is -2.26. The van der Waals surface area contributed by atoms with Crippen LogP contribution in [0.4, 0.5) is 0 Å². The molecular formula is C41H28N4S. The SMILES string of the molecule is C1=C(c2ccncc2)C=C(c2ccncc2)NC1c1ccc(-n2c3ccccc3c3c4sc(-c5ccccc5)cc4ccc32)cc1. The van der Waals surface area contributed by atoms with Crippen LogP contribution in [0.25, 0.3) is 59.3 Å². The summed E-state index contributed by atoms with van der Waals surface area (Å²) in [6.45, 7) is 0. The molecule has 1 atom stereocenters. The predicted octanol–water partition coefficient (Wildman–Crippen LogP) is 10.2. The minimum Gasteiger partial charge on any atom is -0.374 e. The van der Waals surface area contributed by atoms with Gasteiger partial charge in [-0.05, 0) is 94.4 Å². The first-order chi connectivity index (χ1) is 22.8. The molecular weight excluding hydrogens is 581 g/mol. The molecule has 0 bridgehead atoms. The highest BCUT2D eigenvalue weighted by atomic mass is 32.1. The first-order valence-electron chi connectivity index (χ1n) is 15.4. The summed E-state index contributed by atoms with van der Waals surface area (Å²) in [7, 11) is 0. The van der Waals surface area contributed by atoms with Gasteiger partial charge in [0.05, 0.1) is 17.1 Å². The topological polar surface area (TPSA) is 42.7 Å². The molecule has 1 aliphatic heterocycles. The zero-order valence-corrected chi connectivity index (χ0v) is 25.7. The summed E-state index contributed by atoms with van der Waals surface area (Å²) in [6, 6.07) is 43.6. The zero-order chi connectivity index (χ0) is 30.5. The molecule has 218 valence electrons. The lowest BCUT2D eigenvalue weighted by Crippen LogP contribution is -2.21. The second kappa shape index (κ2) is 11.0. The van der Waals surface area contributed by atoms with Gasteiger partial charge in [-0.25, -0.2) is 0 Å². The van der Waals surface area contributed by atoms with E-state index in [4.69, 9.17) is 0 Å². The van der Waals surface area contributed by atoms with Crippen molar-refractivity contribution in [2.45, 2.75) is 6.04 Å². The number of dihydropyridines is 1. The number of pyridine rings is 2. The summed E-state index contributed by atoms with van der Waals surface area (Å²) in [6.07, 6.45) is 11.9. The van der Waals surface area contributed by atoms with Crippen molar-refractivity contribution in [3.63, 3.8) is 0 Å². The van der Waals surface area contributed by atoms with E-state index in [1.54, 1.807) is 0 Å². The van der Waals surface area contributed by atoms with Crippen LogP contribution in [0.1, 0.15) is 22.7 Å². The van der Waals surface area contributed by atoms with Crippen molar-refractivity contribution < 1.29 is 0 Å². The average molecular weight is 609 g/mol. The summed E-state index contributed by atoms with van der Waals surface area (Å²) in [5.41, 5.74) is 10.5. The van der Waals surface area contributed by atoms with Crippen LogP contribution >= 0.6 is 11.3 Å². The summed E-state index contributed by atoms with van der Waals surface area (Å²) in [5, 5.41) is 7.65. The number of nitrogens with zero attached hydrogens (tertiary/aromatic N) is 3. The first-order valence-corrected chi connectivity index (χ1v) is 16.2. The van der Waals surface area contributed by atoms with Crippen LogP contribution in [-0.4, -0.2) is 14.5 Å². The van der Waals surface area contributed by atoms with E-state index in [9.17, 15) is 0 Å². The molecule has 46 heavy (non-hydrogen) atoms. The van der Waals surface area contributed by atoms with Crippen molar-refractivity contribution in [3.05, 3.63) is 175 Å². The van der Waals surface area contributed by atoms with Gasteiger partial charge in [-0.15, -0.1) is 11.3 Å². The lowest BCUT2D eigenvalue weighted by atomic mass is 9.94. The van der Waals surface area contributed by atoms with Crippen molar-refractivity contribution in [3.8, 4) is 16.1 Å². The molecule has 9 rings (SSSR count). The van der Waals surface area contributed by atoms with Gasteiger partial charge in [0.1, 0.15) is 0 Å². The van der Waals surface area contributed by atoms with Crippen molar-refractivity contribution >= 4 is 54.5 Å². The monoisotopic (exact) mass is 608 g/mol. The number of aromatic nitrogens is 3. The standard InChI is InChI=1S/C41H28N4S/c1-2-6-30(7-3-1)39-26-31-12-15-38-40(41(31)46-39)34-8-4-5-9-37(34)45(38)33-13-10-28(11-14-33)35-24-32(27-16-20-42-21-17-27)25-36(44-35)29-18-22-43-23-19-29/h1-26,35,44H. The van der Waals surface area contributed by atoms with Gasteiger partial charge in [0.25, 0.3) is 0 Å². The molecule has 8 aromatic rings. The molecule has 0 amide bonds. The average Bonchev–Trinajstić information content (AvgIpc) is 3.72. The van der Waals surface area contributed by atoms with Crippen LogP contribution in [0, 0.1) is 0 Å². The quantitative estimate of drug-likeness (QED) is 0.211. The van der Waals surface area contributed by atoms with Crippen molar-refractivity contribution in [2.75, 3.05) is 0 Å². The smallest absolute Gasteiger partial charge is 0.0707 e. The normalized spacial score (nSPS) is 14.7. The highest BCUT2D eigenvalue weighted by Gasteiger charge is 2.20. The second-order valence-corrected chi connectivity index (χ2v) is 12.6. The van der Waals surface area contributed by atoms with Gasteiger partial charge >= 0.3 is 0 Å². The van der Waals surface area contributed by atoms with E-state index < -0.39 is 0 Å². The van der Waals surface area contributed by atoms with Gasteiger partial charge in [0.15, 0.2) is 0 Å². The van der Waals surface area contributed by atoms with E-state index in [-0.39, 0.29) is 6.04 Å². The van der Waals surface area contributed by atoms with Gasteiger partial charge in [-0.3, -0.25) is 9.97 Å². The number of hydrogen-bond donors (Lipinski definition) is 1. The molecule has 0 saturated heterocycles. The predicted molar refractivity (Wildman–Crippen MR) is 192 cm³/mol. The summed E-state index contributed by atoms with van der Waals surface area (Å²) in [5.74, 6) is 0. The highest BCUT2D eigenvalue weighted by Crippen LogP contribution is 2.43. The van der Waals surface area contributed by atoms with Gasteiger partial charge < -0.3 is 9.88 Å². The van der Waals surface area contributed by atoms with E-state index in [1.165, 1.54) is 53.5 Å². The summed E-state index contributed by atoms with van der Waals surface area (Å²) >= 11 is 1.88. The summed E-state index contributed by atoms with van der Waals surface area (Å²) < 4.78 is 3.74. The Morgan fingerprint density at radius 1 is 0.630 bits per heavy atom. The van der Waals surface area contributed by atoms with Crippen molar-refractivity contribution in [1.29, 1.82) is 0 Å². The minimum atomic E-state index is 0.00526. The van der Waals surface area contributed by atoms with Gasteiger partial charge in [0.2, 0.25) is 0 Å². The number of rotatable bonds is 5. The fourth-order valence-corrected chi connectivity index (χ4v) is 7.86. The maximum atomic E-state index is 4.23. The van der Waals surface area contributed by atoms with E-state index in [0.717, 1.165) is 22.5 Å². The van der Waals surface area contributed by atoms with Crippen molar-refractivity contribution in [2.24, 2.45) is 0 Å². The van der Waals surface area contributed by atoms with Gasteiger partial charge in [-0.2, -0.15) is 0 Å². The third kappa shape index (κ3) is 4.52. The molecule has 1 aliphatic rings. The van der Waals surface area contributed by atoms with Crippen LogP contribution in [-0.2, 0) is 0 Å². The number of para-hydroxylation sites is 1. The Balaban J connectivity index is 1.14. The van der Waals surface area contributed by atoms with Gasteiger partial charge in [0, 0.05) is 62.1 Å². The number of allylic oxidation sites excluding steroid dienone is 2. The van der Waals surface area contributed by atoms with Crippen LogP contribution < -0.4 is 5.32 Å². The Morgan fingerprint density at radius 3 is 2.13 bits per heavy atom. The molecule has 1 unspecified atom stereocenters. The maximum Gasteiger partial charge on any atom is 0.0707 e. The van der Waals surface area contributed by atoms with Gasteiger partial charge in [-0.1, -0.05) is 66.7 Å². The van der Waals surface area contributed by atoms with Crippen molar-refractivity contribution in [1.82, 2.24) is 19.9 Å². The molecule has 4 aromatic heterocycles. The molecule has 5 heteroatoms. The second-order valence-electron chi connectivity index (χ2n) is 11.6. The van der Waals surface area contributed by atoms with Crippen LogP contribution in [0.15, 0.2) is 158 Å². The largest absolute Gasteiger partial charge is 0.374 e. The molecule has 0 saturated carbocycles. The fourth-order valence-electron chi connectivity index (χ4n) is 6.64. The Morgan fingerprint density at radius 2 is 1.35 bits per heavy atom. The lowest BCUT2D eigenvalue weighted by molar-refractivity contribution is 0.766. The molecule has 0 aliphatic carbocycles. The van der Waals surface area contributed by atoms with E-state index in [0.29, 0.717) is 0 Å². The maximum absolute atomic E-state index is 4.23. The number of thiophene rings is 1. The van der Waals surface area contributed by atoms with E-state index in [1.807, 2.05) is 48.3 Å². The highest BCUT2D eigenvalue weighted by molar-refractivity contribution is 7.23. The third-order valence-electron chi connectivity index (χ3n) is 8.85. The molecule has 4 aromatic carbocycles. The fraction of sp³-hybridized carbons (Fsp3) is 0.0244. The molecule has 0 fully saturated rings. The summed E-state index contributed by atoms with van der Waals surface area (Å²) in [4.78, 5) is 9.75. The van der Waals surface area contributed by atoms with E-state index in [2.05, 4.69) is 141 Å². The Labute approximate surface area is 270 Å². The number of benzene rings is 4. The van der Waals surface area contributed by atoms with Crippen LogP contribution in [0.2, 0.25) is 0 Å². The molecule has 0 spiro atoms. The molecule has 5 heterocycles. The Bertz CT molecular complexity index is 2420. The Hall–Kier alpha value is -5.78. The molecule has 0 radical (unpaired) electrons. The Kier molecular flexibility index (Phi) is 6.35. The number of hydrogen-bond acceptors (Lipinski definition) is 4. The molecule has 4 nitrogen and oxygen atoms in total. The molecule has 1 N–H and O–H groups in total. The zero-order valence-electron chi connectivity index (χ0n) is 24.8. The minimum absolute atomic E-state index is 0.00526.